The zero-order valence-corrected chi connectivity index (χ0v) is 16.2. The fourth-order valence-corrected chi connectivity index (χ4v) is 3.88. The monoisotopic (exact) mass is 398 g/mol. The van der Waals surface area contributed by atoms with E-state index in [2.05, 4.69) is 20.3 Å². The molecule has 2 aromatic heterocycles. The van der Waals surface area contributed by atoms with Crippen LogP contribution in [0.4, 0.5) is 28.7 Å². The molecule has 2 aromatic carbocycles. The maximum Gasteiger partial charge on any atom is 0.354 e. The molecule has 30 heavy (non-hydrogen) atoms. The van der Waals surface area contributed by atoms with Crippen molar-refractivity contribution in [1.82, 2.24) is 15.0 Å². The van der Waals surface area contributed by atoms with E-state index >= 15 is 0 Å². The van der Waals surface area contributed by atoms with E-state index in [9.17, 15) is 10.1 Å². The van der Waals surface area contributed by atoms with Gasteiger partial charge in [-0.1, -0.05) is 24.3 Å². The third-order valence-electron chi connectivity index (χ3n) is 5.25. The van der Waals surface area contributed by atoms with E-state index in [4.69, 9.17) is 0 Å². The summed E-state index contributed by atoms with van der Waals surface area (Å²) in [6, 6.07) is 17.4. The normalized spacial score (nSPS) is 12.8. The number of para-hydroxylation sites is 1. The zero-order valence-electron chi connectivity index (χ0n) is 16.2. The Morgan fingerprint density at radius 1 is 1.07 bits per heavy atom. The summed E-state index contributed by atoms with van der Waals surface area (Å²) < 4.78 is 0. The first-order chi connectivity index (χ1) is 14.6. The van der Waals surface area contributed by atoms with Gasteiger partial charge in [-0.15, -0.1) is 0 Å². The van der Waals surface area contributed by atoms with Crippen molar-refractivity contribution in [3.63, 3.8) is 0 Å². The maximum absolute atomic E-state index is 12.1. The Hall–Kier alpha value is -4.07. The first-order valence-electron chi connectivity index (χ1n) is 9.60. The number of fused-ring (bicyclic) bond motifs is 2. The Kier molecular flexibility index (Phi) is 4.24. The van der Waals surface area contributed by atoms with Gasteiger partial charge in [-0.2, -0.15) is 0 Å². The molecule has 148 valence electrons. The molecule has 0 fully saturated rings. The third kappa shape index (κ3) is 2.98. The summed E-state index contributed by atoms with van der Waals surface area (Å²) in [6.07, 6.45) is 2.17. The molecule has 0 aliphatic carbocycles. The smallest absolute Gasteiger partial charge is 0.334 e. The summed E-state index contributed by atoms with van der Waals surface area (Å²) in [4.78, 5) is 26.5. The highest BCUT2D eigenvalue weighted by Crippen LogP contribution is 2.41. The van der Waals surface area contributed by atoms with Crippen LogP contribution in [0.15, 0.2) is 60.9 Å². The molecular weight excluding hydrogens is 380 g/mol. The van der Waals surface area contributed by atoms with E-state index in [1.54, 1.807) is 0 Å². The van der Waals surface area contributed by atoms with Gasteiger partial charge in [0.15, 0.2) is 0 Å². The first kappa shape index (κ1) is 18.0. The van der Waals surface area contributed by atoms with Gasteiger partial charge in [0, 0.05) is 29.0 Å². The average molecular weight is 398 g/mol. The van der Waals surface area contributed by atoms with Crippen LogP contribution in [0.3, 0.4) is 0 Å². The number of benzene rings is 2. The number of aromatic nitrogens is 3. The van der Waals surface area contributed by atoms with Gasteiger partial charge < -0.3 is 10.2 Å². The predicted octanol–water partition coefficient (Wildman–Crippen LogP) is 4.68. The second-order valence-corrected chi connectivity index (χ2v) is 7.13. The SMILES string of the molecule is Cc1ccc2c(Nc3ncnc(N4CCc5ccccc54)c3[N+](=O)[O-])cccc2n1. The van der Waals surface area contributed by atoms with Gasteiger partial charge in [0.05, 0.1) is 10.4 Å². The van der Waals surface area contributed by atoms with Crippen LogP contribution < -0.4 is 10.2 Å². The Morgan fingerprint density at radius 2 is 1.93 bits per heavy atom. The van der Waals surface area contributed by atoms with Crippen LogP contribution in [-0.4, -0.2) is 26.4 Å². The lowest BCUT2D eigenvalue weighted by Gasteiger charge is -2.19. The molecule has 4 aromatic rings. The lowest BCUT2D eigenvalue weighted by Crippen LogP contribution is -2.17. The van der Waals surface area contributed by atoms with Crippen molar-refractivity contribution in [3.05, 3.63) is 82.3 Å². The Morgan fingerprint density at radius 3 is 2.80 bits per heavy atom. The number of rotatable bonds is 4. The van der Waals surface area contributed by atoms with E-state index < -0.39 is 4.92 Å². The highest BCUT2D eigenvalue weighted by molar-refractivity contribution is 5.94. The molecular formula is C22H18N6O2. The number of nitro groups is 1. The second kappa shape index (κ2) is 7.07. The summed E-state index contributed by atoms with van der Waals surface area (Å²) in [5.41, 5.74) is 4.36. The van der Waals surface area contributed by atoms with Crippen molar-refractivity contribution in [1.29, 1.82) is 0 Å². The molecule has 0 spiro atoms. The molecule has 8 nitrogen and oxygen atoms in total. The van der Waals surface area contributed by atoms with E-state index in [-0.39, 0.29) is 17.3 Å². The fourth-order valence-electron chi connectivity index (χ4n) is 3.88. The number of anilines is 4. The van der Waals surface area contributed by atoms with Gasteiger partial charge in [-0.05, 0) is 49.2 Å². The molecule has 5 rings (SSSR count). The largest absolute Gasteiger partial charge is 0.354 e. The first-order valence-corrected chi connectivity index (χ1v) is 9.60. The Bertz CT molecular complexity index is 1290. The molecule has 0 saturated heterocycles. The summed E-state index contributed by atoms with van der Waals surface area (Å²) in [5.74, 6) is 0.444. The molecule has 0 atom stereocenters. The average Bonchev–Trinajstić information content (AvgIpc) is 3.17. The van der Waals surface area contributed by atoms with E-state index in [1.165, 1.54) is 6.33 Å². The Labute approximate surface area is 172 Å². The van der Waals surface area contributed by atoms with Crippen molar-refractivity contribution in [3.8, 4) is 0 Å². The summed E-state index contributed by atoms with van der Waals surface area (Å²) >= 11 is 0. The number of nitrogens with one attached hydrogen (secondary N) is 1. The van der Waals surface area contributed by atoms with Crippen molar-refractivity contribution < 1.29 is 4.92 Å². The second-order valence-electron chi connectivity index (χ2n) is 7.13. The lowest BCUT2D eigenvalue weighted by molar-refractivity contribution is -0.383. The number of hydrogen-bond acceptors (Lipinski definition) is 7. The Balaban J connectivity index is 1.61. The van der Waals surface area contributed by atoms with Crippen LogP contribution in [0.25, 0.3) is 10.9 Å². The molecule has 1 aliphatic rings. The van der Waals surface area contributed by atoms with E-state index in [0.29, 0.717) is 12.2 Å². The number of hydrogen-bond donors (Lipinski definition) is 1. The molecule has 1 aliphatic heterocycles. The highest BCUT2D eigenvalue weighted by atomic mass is 16.6. The van der Waals surface area contributed by atoms with Gasteiger partial charge in [-0.25, -0.2) is 9.97 Å². The molecule has 8 heteroatoms. The highest BCUT2D eigenvalue weighted by Gasteiger charge is 2.31. The molecule has 1 N–H and O–H groups in total. The molecule has 0 unspecified atom stereocenters. The standard InChI is InChI=1S/C22H18N6O2/c1-14-9-10-16-17(25-14)6-4-7-18(16)26-21-20(28(29)30)22(24-13-23-21)27-12-11-15-5-2-3-8-19(15)27/h2-10,13H,11-12H2,1H3,(H,23,24,26). The number of nitrogens with zero attached hydrogens (tertiary/aromatic N) is 5. The van der Waals surface area contributed by atoms with Crippen LogP contribution in [0.2, 0.25) is 0 Å². The van der Waals surface area contributed by atoms with Crippen LogP contribution in [0, 0.1) is 17.0 Å². The quantitative estimate of drug-likeness (QED) is 0.394. The van der Waals surface area contributed by atoms with Gasteiger partial charge >= 0.3 is 5.69 Å². The van der Waals surface area contributed by atoms with Crippen LogP contribution in [-0.2, 0) is 6.42 Å². The van der Waals surface area contributed by atoms with Crippen LogP contribution in [0.5, 0.6) is 0 Å². The van der Waals surface area contributed by atoms with Gasteiger partial charge in [-0.3, -0.25) is 15.1 Å². The lowest BCUT2D eigenvalue weighted by atomic mass is 10.1. The minimum atomic E-state index is -0.424. The van der Waals surface area contributed by atoms with Crippen molar-refractivity contribution in [2.24, 2.45) is 0 Å². The summed E-state index contributed by atoms with van der Waals surface area (Å²) in [7, 11) is 0. The molecule has 3 heterocycles. The van der Waals surface area contributed by atoms with Gasteiger partial charge in [0.1, 0.15) is 6.33 Å². The third-order valence-corrected chi connectivity index (χ3v) is 5.25. The fraction of sp³-hybridized carbons (Fsp3) is 0.136. The molecule has 0 bridgehead atoms. The number of pyridine rings is 1. The predicted molar refractivity (Wildman–Crippen MR) is 116 cm³/mol. The summed E-state index contributed by atoms with van der Waals surface area (Å²) in [6.45, 7) is 2.56. The van der Waals surface area contributed by atoms with Gasteiger partial charge in [0.2, 0.25) is 11.6 Å². The van der Waals surface area contributed by atoms with Crippen molar-refractivity contribution in [2.45, 2.75) is 13.3 Å². The van der Waals surface area contributed by atoms with E-state index in [1.807, 2.05) is 66.4 Å². The number of aryl methyl sites for hydroxylation is 1. The molecule has 0 saturated carbocycles. The minimum Gasteiger partial charge on any atom is -0.334 e. The van der Waals surface area contributed by atoms with Crippen molar-refractivity contribution >= 4 is 39.6 Å². The van der Waals surface area contributed by atoms with Crippen molar-refractivity contribution in [2.75, 3.05) is 16.8 Å². The minimum absolute atomic E-state index is 0.147. The van der Waals surface area contributed by atoms with Crippen LogP contribution in [0.1, 0.15) is 11.3 Å². The zero-order chi connectivity index (χ0) is 20.7. The molecule has 0 amide bonds. The van der Waals surface area contributed by atoms with Crippen LogP contribution >= 0.6 is 0 Å². The van der Waals surface area contributed by atoms with E-state index in [0.717, 1.165) is 34.3 Å². The molecule has 0 radical (unpaired) electrons. The summed E-state index contributed by atoms with van der Waals surface area (Å²) in [5, 5.41) is 16.1. The topological polar surface area (TPSA) is 97.1 Å². The van der Waals surface area contributed by atoms with Gasteiger partial charge in [0.25, 0.3) is 0 Å². The maximum atomic E-state index is 12.1.